The summed E-state index contributed by atoms with van der Waals surface area (Å²) in [6.45, 7) is 2.03. The summed E-state index contributed by atoms with van der Waals surface area (Å²) in [5.41, 5.74) is 0.935. The van der Waals surface area contributed by atoms with Gasteiger partial charge in [0.1, 0.15) is 11.4 Å². The van der Waals surface area contributed by atoms with Gasteiger partial charge < -0.3 is 10.1 Å². The van der Waals surface area contributed by atoms with Gasteiger partial charge >= 0.3 is 5.97 Å². The van der Waals surface area contributed by atoms with Crippen molar-refractivity contribution in [3.8, 4) is 0 Å². The zero-order valence-electron chi connectivity index (χ0n) is 11.6. The Hall–Kier alpha value is -1.79. The van der Waals surface area contributed by atoms with Crippen LogP contribution in [-0.2, 0) is 4.74 Å². The van der Waals surface area contributed by atoms with Crippen LogP contribution in [0.25, 0.3) is 0 Å². The van der Waals surface area contributed by atoms with Gasteiger partial charge in [-0.2, -0.15) is 0 Å². The fourth-order valence-corrected chi connectivity index (χ4v) is 2.13. The number of carbonyl (C=O) groups is 1. The number of hydrogen-bond acceptors (Lipinski definition) is 6. The molecule has 1 aromatic heterocycles. The smallest absolute Gasteiger partial charge is 0.343 e. The molecule has 1 heterocycles. The highest BCUT2D eigenvalue weighted by molar-refractivity contribution is 7.98. The van der Waals surface area contributed by atoms with Crippen LogP contribution in [0.2, 0.25) is 5.02 Å². The van der Waals surface area contributed by atoms with Gasteiger partial charge in [-0.1, -0.05) is 35.5 Å². The Kier molecular flexibility index (Phi) is 5.41. The van der Waals surface area contributed by atoms with Crippen LogP contribution in [0.1, 0.15) is 17.3 Å². The fourth-order valence-electron chi connectivity index (χ4n) is 1.61. The van der Waals surface area contributed by atoms with Crippen molar-refractivity contribution < 1.29 is 9.53 Å². The number of benzene rings is 1. The number of esters is 1. The van der Waals surface area contributed by atoms with Gasteiger partial charge in [-0.05, 0) is 25.3 Å². The highest BCUT2D eigenvalue weighted by Crippen LogP contribution is 2.26. The van der Waals surface area contributed by atoms with Gasteiger partial charge in [-0.3, -0.25) is 0 Å². The molecule has 2 rings (SSSR count). The molecule has 0 fully saturated rings. The van der Waals surface area contributed by atoms with E-state index in [4.69, 9.17) is 16.3 Å². The molecule has 0 saturated heterocycles. The van der Waals surface area contributed by atoms with E-state index in [1.165, 1.54) is 18.0 Å². The number of anilines is 2. The number of thioether (sulfide) groups is 1. The predicted molar refractivity (Wildman–Crippen MR) is 84.5 cm³/mol. The number of para-hydroxylation sites is 1. The van der Waals surface area contributed by atoms with Gasteiger partial charge in [-0.15, -0.1) is 0 Å². The highest BCUT2D eigenvalue weighted by atomic mass is 35.5. The molecular formula is C14H14ClN3O2S. The Bertz CT molecular complexity index is 652. The summed E-state index contributed by atoms with van der Waals surface area (Å²) < 4.78 is 5.01. The average molecular weight is 324 g/mol. The zero-order valence-corrected chi connectivity index (χ0v) is 13.2. The molecule has 0 spiro atoms. The van der Waals surface area contributed by atoms with Gasteiger partial charge in [-0.25, -0.2) is 14.8 Å². The van der Waals surface area contributed by atoms with Gasteiger partial charge in [0.2, 0.25) is 0 Å². The molecule has 0 atom stereocenters. The molecule has 0 aliphatic carbocycles. The molecule has 0 unspecified atom stereocenters. The summed E-state index contributed by atoms with van der Waals surface area (Å²) >= 11 is 7.50. The number of aromatic nitrogens is 2. The Labute approximate surface area is 132 Å². The standard InChI is InChI=1S/C14H14ClN3O2S/c1-3-20-13(19)9-8-16-14(21-2)18-12(9)17-11-7-5-4-6-10(11)15/h4-8H,3H2,1-2H3,(H,16,17,18). The largest absolute Gasteiger partial charge is 0.462 e. The first kappa shape index (κ1) is 15.6. The Morgan fingerprint density at radius 3 is 2.86 bits per heavy atom. The first-order valence-electron chi connectivity index (χ1n) is 6.25. The molecule has 0 radical (unpaired) electrons. The lowest BCUT2D eigenvalue weighted by atomic mass is 10.2. The Morgan fingerprint density at radius 2 is 2.19 bits per heavy atom. The van der Waals surface area contributed by atoms with Crippen LogP contribution in [0.15, 0.2) is 35.6 Å². The van der Waals surface area contributed by atoms with Crippen molar-refractivity contribution >= 4 is 40.8 Å². The van der Waals surface area contributed by atoms with Crippen LogP contribution >= 0.6 is 23.4 Å². The van der Waals surface area contributed by atoms with Gasteiger partial charge in [0.15, 0.2) is 5.16 Å². The van der Waals surface area contributed by atoms with Crippen LogP contribution in [0.5, 0.6) is 0 Å². The first-order chi connectivity index (χ1) is 10.2. The van der Waals surface area contributed by atoms with Gasteiger partial charge in [0.05, 0.1) is 17.3 Å². The van der Waals surface area contributed by atoms with Crippen molar-refractivity contribution in [2.45, 2.75) is 12.1 Å². The van der Waals surface area contributed by atoms with E-state index in [0.29, 0.717) is 21.7 Å². The number of hydrogen-bond donors (Lipinski definition) is 1. The second kappa shape index (κ2) is 7.28. The molecule has 0 aliphatic rings. The quantitative estimate of drug-likeness (QED) is 0.513. The number of carbonyl (C=O) groups excluding carboxylic acids is 1. The molecule has 2 aromatic rings. The van der Waals surface area contributed by atoms with E-state index in [-0.39, 0.29) is 12.2 Å². The van der Waals surface area contributed by atoms with E-state index in [0.717, 1.165) is 0 Å². The summed E-state index contributed by atoms with van der Waals surface area (Å²) in [5.74, 6) is -0.0967. The van der Waals surface area contributed by atoms with Crippen molar-refractivity contribution in [3.63, 3.8) is 0 Å². The molecule has 0 saturated carbocycles. The number of nitrogens with zero attached hydrogens (tertiary/aromatic N) is 2. The zero-order chi connectivity index (χ0) is 15.2. The SMILES string of the molecule is CCOC(=O)c1cnc(SC)nc1Nc1ccccc1Cl. The lowest BCUT2D eigenvalue weighted by Gasteiger charge is -2.12. The maximum atomic E-state index is 12.0. The van der Waals surface area contributed by atoms with Crippen LogP contribution < -0.4 is 5.32 Å². The van der Waals surface area contributed by atoms with Crippen molar-refractivity contribution in [2.75, 3.05) is 18.2 Å². The third-order valence-corrected chi connectivity index (χ3v) is 3.46. The number of nitrogens with one attached hydrogen (secondary N) is 1. The second-order valence-electron chi connectivity index (χ2n) is 3.94. The minimum absolute atomic E-state index is 0.273. The van der Waals surface area contributed by atoms with Crippen LogP contribution in [0.4, 0.5) is 11.5 Å². The monoisotopic (exact) mass is 323 g/mol. The maximum absolute atomic E-state index is 12.0. The number of rotatable bonds is 5. The molecule has 1 N–H and O–H groups in total. The molecule has 0 bridgehead atoms. The molecule has 21 heavy (non-hydrogen) atoms. The van der Waals surface area contributed by atoms with Crippen LogP contribution in [0, 0.1) is 0 Å². The second-order valence-corrected chi connectivity index (χ2v) is 5.12. The summed E-state index contributed by atoms with van der Waals surface area (Å²) in [5, 5.41) is 4.15. The van der Waals surface area contributed by atoms with E-state index in [1.54, 1.807) is 19.1 Å². The van der Waals surface area contributed by atoms with E-state index in [2.05, 4.69) is 15.3 Å². The maximum Gasteiger partial charge on any atom is 0.343 e. The van der Waals surface area contributed by atoms with E-state index in [9.17, 15) is 4.79 Å². The van der Waals surface area contributed by atoms with E-state index >= 15 is 0 Å². The van der Waals surface area contributed by atoms with Crippen LogP contribution in [-0.4, -0.2) is 28.8 Å². The van der Waals surface area contributed by atoms with E-state index < -0.39 is 5.97 Å². The Balaban J connectivity index is 2.39. The van der Waals surface area contributed by atoms with Gasteiger partial charge in [0, 0.05) is 6.20 Å². The number of halogens is 1. The first-order valence-corrected chi connectivity index (χ1v) is 7.85. The fraction of sp³-hybridized carbons (Fsp3) is 0.214. The van der Waals surface area contributed by atoms with Crippen LogP contribution in [0.3, 0.4) is 0 Å². The Morgan fingerprint density at radius 1 is 1.43 bits per heavy atom. The minimum Gasteiger partial charge on any atom is -0.462 e. The lowest BCUT2D eigenvalue weighted by Crippen LogP contribution is -2.10. The van der Waals surface area contributed by atoms with E-state index in [1.807, 2.05) is 18.4 Å². The topological polar surface area (TPSA) is 64.1 Å². The van der Waals surface area contributed by atoms with Crippen molar-refractivity contribution in [2.24, 2.45) is 0 Å². The third-order valence-electron chi connectivity index (χ3n) is 2.57. The summed E-state index contributed by atoms with van der Waals surface area (Å²) in [6, 6.07) is 7.23. The normalized spacial score (nSPS) is 10.2. The molecule has 1 aromatic carbocycles. The predicted octanol–water partition coefficient (Wildman–Crippen LogP) is 3.77. The molecule has 0 amide bonds. The van der Waals surface area contributed by atoms with Crippen molar-refractivity contribution in [1.29, 1.82) is 0 Å². The minimum atomic E-state index is -0.472. The summed E-state index contributed by atoms with van der Waals surface area (Å²) in [6.07, 6.45) is 3.31. The molecular weight excluding hydrogens is 310 g/mol. The third kappa shape index (κ3) is 3.86. The van der Waals surface area contributed by atoms with Crippen molar-refractivity contribution in [3.05, 3.63) is 41.0 Å². The molecule has 110 valence electrons. The molecule has 5 nitrogen and oxygen atoms in total. The lowest BCUT2D eigenvalue weighted by molar-refractivity contribution is 0.0526. The van der Waals surface area contributed by atoms with Gasteiger partial charge in [0.25, 0.3) is 0 Å². The average Bonchev–Trinajstić information content (AvgIpc) is 2.49. The summed E-state index contributed by atoms with van der Waals surface area (Å²) in [7, 11) is 0. The number of ether oxygens (including phenoxy) is 1. The molecule has 0 aliphatic heterocycles. The molecule has 7 heteroatoms. The summed E-state index contributed by atoms with van der Waals surface area (Å²) in [4.78, 5) is 20.4. The van der Waals surface area contributed by atoms with Crippen molar-refractivity contribution in [1.82, 2.24) is 9.97 Å². The highest BCUT2D eigenvalue weighted by Gasteiger charge is 2.16.